The van der Waals surface area contributed by atoms with E-state index in [1.165, 1.54) is 11.3 Å². The molecule has 0 unspecified atom stereocenters. The molecule has 0 bridgehead atoms. The summed E-state index contributed by atoms with van der Waals surface area (Å²) in [6.07, 6.45) is 4.87. The molecule has 0 saturated heterocycles. The maximum Gasteiger partial charge on any atom is 0.231 e. The highest BCUT2D eigenvalue weighted by molar-refractivity contribution is 7.14. The predicted molar refractivity (Wildman–Crippen MR) is 114 cm³/mol. The fraction of sp³-hybridized carbons (Fsp3) is 0.444. The van der Waals surface area contributed by atoms with Crippen LogP contribution in [0.15, 0.2) is 11.7 Å². The summed E-state index contributed by atoms with van der Waals surface area (Å²) >= 11 is 7.28. The Morgan fingerprint density at radius 3 is 2.70 bits per heavy atom. The molecule has 3 aromatic heterocycles. The van der Waals surface area contributed by atoms with Gasteiger partial charge in [0.05, 0.1) is 18.4 Å². The number of rotatable bonds is 5. The Bertz CT molecular complexity index is 1100. The molecule has 30 heavy (non-hydrogen) atoms. The zero-order chi connectivity index (χ0) is 21.4. The Hall–Kier alpha value is -2.79. The lowest BCUT2D eigenvalue weighted by atomic mass is 9.85. The van der Waals surface area contributed by atoms with Gasteiger partial charge < -0.3 is 16.0 Å². The summed E-state index contributed by atoms with van der Waals surface area (Å²) in [4.78, 5) is 42.5. The molecule has 0 radical (unpaired) electrons. The monoisotopic (exact) mass is 448 g/mol. The highest BCUT2D eigenvalue weighted by Crippen LogP contribution is 2.36. The Labute approximate surface area is 181 Å². The number of anilines is 2. The van der Waals surface area contributed by atoms with Crippen LogP contribution in [-0.2, 0) is 16.0 Å². The minimum Gasteiger partial charge on any atom is -0.382 e. The van der Waals surface area contributed by atoms with E-state index in [0.29, 0.717) is 22.0 Å². The van der Waals surface area contributed by atoms with Crippen molar-refractivity contribution in [2.45, 2.75) is 38.1 Å². The maximum absolute atomic E-state index is 13.0. The van der Waals surface area contributed by atoms with Crippen LogP contribution in [0.4, 0.5) is 10.9 Å². The van der Waals surface area contributed by atoms with E-state index in [2.05, 4.69) is 19.9 Å². The van der Waals surface area contributed by atoms with Crippen LogP contribution in [0.5, 0.6) is 0 Å². The number of carbonyl (C=O) groups is 2. The second-order valence-electron chi connectivity index (χ2n) is 7.37. The molecule has 3 aromatic rings. The van der Waals surface area contributed by atoms with Crippen molar-refractivity contribution in [1.82, 2.24) is 24.5 Å². The molecule has 1 aliphatic rings. The van der Waals surface area contributed by atoms with E-state index < -0.39 is 5.91 Å². The molecule has 1 aliphatic carbocycles. The molecule has 0 spiro atoms. The number of nitrogen functional groups attached to an aromatic ring is 1. The number of aromatic nitrogens is 5. The summed E-state index contributed by atoms with van der Waals surface area (Å²) in [5.74, 6) is -0.251. The molecule has 1 fully saturated rings. The number of imidazole rings is 1. The third-order valence-electron chi connectivity index (χ3n) is 5.37. The molecule has 12 heteroatoms. The first-order chi connectivity index (χ1) is 14.3. The lowest BCUT2D eigenvalue weighted by molar-refractivity contribution is -0.123. The first-order valence-electron chi connectivity index (χ1n) is 9.49. The maximum atomic E-state index is 13.0. The number of hydrogen-bond donors (Lipinski definition) is 2. The van der Waals surface area contributed by atoms with Gasteiger partial charge in [0.2, 0.25) is 17.1 Å². The van der Waals surface area contributed by atoms with Gasteiger partial charge >= 0.3 is 0 Å². The van der Waals surface area contributed by atoms with Crippen LogP contribution < -0.4 is 16.4 Å². The van der Waals surface area contributed by atoms with E-state index in [-0.39, 0.29) is 35.4 Å². The minimum atomic E-state index is -0.445. The fourth-order valence-corrected chi connectivity index (χ4v) is 4.82. The van der Waals surface area contributed by atoms with Crippen LogP contribution in [-0.4, -0.2) is 43.4 Å². The summed E-state index contributed by atoms with van der Waals surface area (Å²) in [6, 6.07) is 0.164. The van der Waals surface area contributed by atoms with E-state index in [9.17, 15) is 9.59 Å². The van der Waals surface area contributed by atoms with Gasteiger partial charge in [-0.05, 0) is 37.3 Å². The van der Waals surface area contributed by atoms with E-state index in [0.717, 1.165) is 25.7 Å². The van der Waals surface area contributed by atoms with Crippen LogP contribution in [0.1, 0.15) is 37.4 Å². The van der Waals surface area contributed by atoms with Gasteiger partial charge in [0, 0.05) is 24.4 Å². The molecule has 1 saturated carbocycles. The van der Waals surface area contributed by atoms with Crippen molar-refractivity contribution in [3.05, 3.63) is 22.7 Å². The third kappa shape index (κ3) is 3.94. The van der Waals surface area contributed by atoms with Crippen LogP contribution in [0.25, 0.3) is 11.2 Å². The summed E-state index contributed by atoms with van der Waals surface area (Å²) in [7, 11) is 1.71. The van der Waals surface area contributed by atoms with Crippen molar-refractivity contribution in [1.29, 1.82) is 0 Å². The van der Waals surface area contributed by atoms with Crippen molar-refractivity contribution >= 4 is 56.9 Å². The van der Waals surface area contributed by atoms with Gasteiger partial charge in [-0.3, -0.25) is 14.5 Å². The Morgan fingerprint density at radius 2 is 2.00 bits per heavy atom. The number of halogens is 1. The average Bonchev–Trinajstić information content (AvgIpc) is 3.34. The first kappa shape index (κ1) is 20.5. The van der Waals surface area contributed by atoms with E-state index in [1.807, 2.05) is 4.57 Å². The summed E-state index contributed by atoms with van der Waals surface area (Å²) in [5, 5.41) is 2.41. The lowest BCUT2D eigenvalue weighted by Crippen LogP contribution is -2.35. The van der Waals surface area contributed by atoms with Gasteiger partial charge in [0.15, 0.2) is 16.6 Å². The standard InChI is InChI=1S/C18H21ClN8O2S/c1-26(18-23-10(7-30-18)6-12(20)28)16(29)9-2-4-11(5-3-9)27-8-22-13-14(21)24-17(19)25-15(13)27/h7-9,11H,2-6H2,1H3,(H2,20,28)(H2,21,24,25)/t9-,11+. The Balaban J connectivity index is 1.42. The normalized spacial score (nSPS) is 19.1. The molecule has 4 N–H and O–H groups in total. The molecule has 3 heterocycles. The summed E-state index contributed by atoms with van der Waals surface area (Å²) < 4.78 is 1.97. The topological polar surface area (TPSA) is 146 Å². The van der Waals surface area contributed by atoms with Gasteiger partial charge in [-0.2, -0.15) is 9.97 Å². The number of hydrogen-bond acceptors (Lipinski definition) is 8. The Kier molecular flexibility index (Phi) is 5.56. The molecular weight excluding hydrogens is 428 g/mol. The highest BCUT2D eigenvalue weighted by Gasteiger charge is 2.31. The fourth-order valence-electron chi connectivity index (χ4n) is 3.86. The number of thiazole rings is 1. The Morgan fingerprint density at radius 1 is 1.27 bits per heavy atom. The number of carbonyl (C=O) groups excluding carboxylic acids is 2. The van der Waals surface area contributed by atoms with Crippen LogP contribution in [0, 0.1) is 5.92 Å². The predicted octanol–water partition coefficient (Wildman–Crippen LogP) is 1.94. The molecule has 10 nitrogen and oxygen atoms in total. The average molecular weight is 449 g/mol. The molecular formula is C18H21ClN8O2S. The minimum absolute atomic E-state index is 0.0264. The first-order valence-corrected chi connectivity index (χ1v) is 10.7. The molecule has 158 valence electrons. The molecule has 2 amide bonds. The number of primary amides is 1. The van der Waals surface area contributed by atoms with Crippen LogP contribution in [0.2, 0.25) is 5.28 Å². The van der Waals surface area contributed by atoms with Crippen LogP contribution >= 0.6 is 22.9 Å². The molecule has 0 atom stereocenters. The third-order valence-corrected chi connectivity index (χ3v) is 6.51. The largest absolute Gasteiger partial charge is 0.382 e. The van der Waals surface area contributed by atoms with Gasteiger partial charge in [-0.1, -0.05) is 0 Å². The molecule has 0 aromatic carbocycles. The number of nitrogens with two attached hydrogens (primary N) is 2. The van der Waals surface area contributed by atoms with Gasteiger partial charge in [0.25, 0.3) is 0 Å². The van der Waals surface area contributed by atoms with Crippen molar-refractivity contribution in [2.24, 2.45) is 11.7 Å². The summed E-state index contributed by atoms with van der Waals surface area (Å²) in [5.41, 5.74) is 12.8. The second-order valence-corrected chi connectivity index (χ2v) is 8.54. The quantitative estimate of drug-likeness (QED) is 0.567. The SMILES string of the molecule is CN(c1nc(CC(N)=O)cs1)C(=O)[C@H]1CC[C@@H](n2cnc3c(N)nc(Cl)nc32)CC1. The highest BCUT2D eigenvalue weighted by atomic mass is 35.5. The van der Waals surface area contributed by atoms with Gasteiger partial charge in [-0.15, -0.1) is 11.3 Å². The zero-order valence-electron chi connectivity index (χ0n) is 16.3. The van der Waals surface area contributed by atoms with Gasteiger partial charge in [-0.25, -0.2) is 9.97 Å². The second kappa shape index (κ2) is 8.15. The van der Waals surface area contributed by atoms with E-state index in [1.54, 1.807) is 23.7 Å². The van der Waals surface area contributed by atoms with E-state index >= 15 is 0 Å². The van der Waals surface area contributed by atoms with Crippen LogP contribution in [0.3, 0.4) is 0 Å². The number of amides is 2. The van der Waals surface area contributed by atoms with Crippen molar-refractivity contribution in [3.63, 3.8) is 0 Å². The molecule has 0 aliphatic heterocycles. The molecule has 4 rings (SSSR count). The van der Waals surface area contributed by atoms with Crippen molar-refractivity contribution in [2.75, 3.05) is 17.7 Å². The summed E-state index contributed by atoms with van der Waals surface area (Å²) in [6.45, 7) is 0. The number of fused-ring (bicyclic) bond motifs is 1. The number of nitrogens with zero attached hydrogens (tertiary/aromatic N) is 6. The van der Waals surface area contributed by atoms with Gasteiger partial charge in [0.1, 0.15) is 5.52 Å². The van der Waals surface area contributed by atoms with E-state index in [4.69, 9.17) is 23.1 Å². The lowest BCUT2D eigenvalue weighted by Gasteiger charge is -2.30. The van der Waals surface area contributed by atoms with Crippen molar-refractivity contribution < 1.29 is 9.59 Å². The smallest absolute Gasteiger partial charge is 0.231 e. The zero-order valence-corrected chi connectivity index (χ0v) is 17.9. The van der Waals surface area contributed by atoms with Crippen molar-refractivity contribution in [3.8, 4) is 0 Å².